The molecule has 23 N–H and O–H groups in total. The third-order valence-corrected chi connectivity index (χ3v) is 18.9. The minimum atomic E-state index is -2.01. The first-order chi connectivity index (χ1) is 51.6. The number of nitrogens with two attached hydrogens (primary N) is 3. The van der Waals surface area contributed by atoms with Crippen LogP contribution in [0.3, 0.4) is 0 Å². The number of thiol groups is 2. The summed E-state index contributed by atoms with van der Waals surface area (Å²) in [6.07, 6.45) is -1.24. The molecule has 3 aromatic carbocycles. The van der Waals surface area contributed by atoms with E-state index in [0.717, 1.165) is 32.5 Å². The number of carboxylic acids is 1. The molecular formula is C70H93N19O17S2. The zero-order chi connectivity index (χ0) is 78.7. The highest BCUT2D eigenvalue weighted by molar-refractivity contribution is 7.80. The molecule has 12 amide bonds. The number of aliphatic hydroxyl groups excluding tert-OH is 1. The fourth-order valence-electron chi connectivity index (χ4n) is 12.6. The van der Waals surface area contributed by atoms with Gasteiger partial charge < -0.3 is 106 Å². The molecule has 582 valence electrons. The van der Waals surface area contributed by atoms with E-state index in [1.165, 1.54) is 19.1 Å². The molecule has 0 radical (unpaired) electrons. The van der Waals surface area contributed by atoms with Crippen molar-refractivity contribution in [3.63, 3.8) is 0 Å². The lowest BCUT2D eigenvalue weighted by atomic mass is 9.92. The normalized spacial score (nSPS) is 23.0. The van der Waals surface area contributed by atoms with Gasteiger partial charge in [0.1, 0.15) is 67.5 Å². The van der Waals surface area contributed by atoms with Gasteiger partial charge in [0, 0.05) is 67.0 Å². The maximum Gasteiger partial charge on any atom is 0.407 e. The number of carboxylic acid groups (broad SMARTS) is 1. The Labute approximate surface area is 631 Å². The summed E-state index contributed by atoms with van der Waals surface area (Å²) < 4.78 is 5.54. The highest BCUT2D eigenvalue weighted by atomic mass is 32.1. The predicted octanol–water partition coefficient (Wildman–Crippen LogP) is -3.11. The van der Waals surface area contributed by atoms with E-state index in [4.69, 9.17) is 32.8 Å². The van der Waals surface area contributed by atoms with E-state index in [1.807, 2.05) is 48.5 Å². The van der Waals surface area contributed by atoms with Crippen molar-refractivity contribution in [3.8, 4) is 11.1 Å². The molecule has 1 unspecified atom stereocenters. The Balaban J connectivity index is 1.18. The van der Waals surface area contributed by atoms with Crippen LogP contribution in [0.15, 0.2) is 91.0 Å². The van der Waals surface area contributed by atoms with Crippen molar-refractivity contribution < 1.29 is 82.1 Å². The number of ether oxygens (including phenoxy) is 1. The second-order valence-corrected chi connectivity index (χ2v) is 26.8. The first-order valence-electron chi connectivity index (χ1n) is 34.9. The van der Waals surface area contributed by atoms with Crippen molar-refractivity contribution in [2.45, 2.75) is 144 Å². The van der Waals surface area contributed by atoms with Gasteiger partial charge in [0.2, 0.25) is 65.0 Å². The Morgan fingerprint density at radius 2 is 1.26 bits per heavy atom. The van der Waals surface area contributed by atoms with Gasteiger partial charge in [-0.25, -0.2) is 4.79 Å². The number of nitrogens with one attached hydrogen (secondary N) is 15. The fourth-order valence-corrected chi connectivity index (χ4v) is 13.1. The maximum atomic E-state index is 14.7. The molecule has 108 heavy (non-hydrogen) atoms. The number of aromatic amines is 1. The Kier molecular flexibility index (Phi) is 31.9. The minimum Gasteiger partial charge on any atom is -0.481 e. The Morgan fingerprint density at radius 3 is 1.89 bits per heavy atom. The van der Waals surface area contributed by atoms with E-state index in [-0.39, 0.29) is 82.9 Å². The number of carbonyl (C=O) groups excluding carboxylic acids is 13. The van der Waals surface area contributed by atoms with E-state index in [0.29, 0.717) is 11.2 Å². The molecule has 3 aliphatic rings. The van der Waals surface area contributed by atoms with E-state index in [2.05, 4.69) is 94.0 Å². The van der Waals surface area contributed by atoms with E-state index < -0.39 is 206 Å². The number of fused-ring (bicyclic) bond motifs is 5. The summed E-state index contributed by atoms with van der Waals surface area (Å²) in [7, 11) is 0. The van der Waals surface area contributed by atoms with Crippen molar-refractivity contribution in [1.29, 1.82) is 10.8 Å². The molecule has 0 saturated carbocycles. The van der Waals surface area contributed by atoms with Crippen LogP contribution in [0.25, 0.3) is 22.0 Å². The van der Waals surface area contributed by atoms with Crippen LogP contribution in [0.1, 0.15) is 93.9 Å². The number of guanidine groups is 2. The predicted molar refractivity (Wildman–Crippen MR) is 399 cm³/mol. The average Bonchev–Trinajstić information content (AvgIpc) is 1.61. The number of ketones is 1. The molecule has 1 saturated heterocycles. The van der Waals surface area contributed by atoms with Crippen molar-refractivity contribution in [3.05, 3.63) is 108 Å². The van der Waals surface area contributed by atoms with Crippen molar-refractivity contribution in [1.82, 2.24) is 73.7 Å². The molecule has 38 heteroatoms. The van der Waals surface area contributed by atoms with Gasteiger partial charge in [-0.3, -0.25) is 73.1 Å². The van der Waals surface area contributed by atoms with Gasteiger partial charge in [0.05, 0.1) is 19.1 Å². The van der Waals surface area contributed by atoms with Gasteiger partial charge in [-0.05, 0) is 98.1 Å². The molecule has 1 fully saturated rings. The number of para-hydroxylation sites is 1. The van der Waals surface area contributed by atoms with Gasteiger partial charge in [-0.1, -0.05) is 78.9 Å². The zero-order valence-electron chi connectivity index (χ0n) is 59.1. The van der Waals surface area contributed by atoms with Crippen LogP contribution >= 0.6 is 25.3 Å². The van der Waals surface area contributed by atoms with Crippen LogP contribution < -0.4 is 81.0 Å². The minimum absolute atomic E-state index is 0.00953. The lowest BCUT2D eigenvalue weighted by Crippen LogP contribution is -2.60. The first-order valence-corrected chi connectivity index (χ1v) is 36.2. The van der Waals surface area contributed by atoms with E-state index in [1.54, 1.807) is 30.3 Å². The summed E-state index contributed by atoms with van der Waals surface area (Å²) in [5.41, 5.74) is 21.8. The van der Waals surface area contributed by atoms with Crippen molar-refractivity contribution in [2.24, 2.45) is 23.1 Å². The number of aliphatic hydroxyl groups is 1. The summed E-state index contributed by atoms with van der Waals surface area (Å²) in [5.74, 6) is -16.8. The molecule has 36 nitrogen and oxygen atoms in total. The molecule has 0 bridgehead atoms. The zero-order valence-corrected chi connectivity index (χ0v) is 60.9. The molecule has 1 aromatic heterocycles. The van der Waals surface area contributed by atoms with Crippen LogP contribution in [0.4, 0.5) is 4.79 Å². The summed E-state index contributed by atoms with van der Waals surface area (Å²) in [5, 5.41) is 66.5. The van der Waals surface area contributed by atoms with Crippen LogP contribution in [-0.4, -0.2) is 226 Å². The molecule has 0 spiro atoms. The molecule has 2 aliphatic heterocycles. The number of rotatable bonds is 23. The number of Topliss-reactive ketones (excluding diaryl/α,β-unsaturated/α-hetero) is 1. The first kappa shape index (κ1) is 84.0. The number of H-pyrrole nitrogens is 1. The molecule has 3 heterocycles. The number of aromatic nitrogens is 1. The van der Waals surface area contributed by atoms with Crippen LogP contribution in [-0.2, 0) is 73.5 Å². The number of amides is 12. The number of alkyl carbamates (subject to hydrolysis) is 1. The molecule has 11 atom stereocenters. The van der Waals surface area contributed by atoms with Gasteiger partial charge >= 0.3 is 12.1 Å². The van der Waals surface area contributed by atoms with Gasteiger partial charge in [-0.15, -0.1) is 0 Å². The number of primary amides is 1. The standard InChI is InChI=1S/C70H93N19O17S2/c1-36-59(96)85-49(29-39-27-37-13-2-7-19-45(37)80-39)63(100)83-48(22-11-25-77-69(74)75)61(98)82-46(58(71)95)20-8-9-21-47(84-66(103)52(34-107)81-56(92)31-78-70(105)106-33-44-42-17-5-3-15-40(42)41-16-4-6-18-43(41)44)62(99)87-51(32-90)64(101)86-50(30-57(93)94)67(104)89-26-12-23-54(89)55(91)28-38(14-10-24-76-68(72)73)60(97)88-53(35-108)65(102)79-36/h2-9,13,15-19,27,36,38,44,46-54,80,90,107-108H,10-12,14,20-26,28-35H2,1H3,(H2,71,95)(H,78,105)(H,79,102)(H,81,92)(H,82,98)(H,83,100)(H,84,103)(H,85,96)(H,86,101)(H,87,99)(H,88,97)(H,93,94)(H4,72,73,76)(H4,74,75,77)/b9-8+/t36-,38+,46-,47-,48-,49-,50-,51-,52-,53-,54?/m0/s1. The second kappa shape index (κ2) is 41.0. The molecule has 4 aromatic rings. The van der Waals surface area contributed by atoms with E-state index in [9.17, 15) is 77.3 Å². The third kappa shape index (κ3) is 24.4. The molecule has 7 rings (SSSR count). The number of nitrogens with zero attached hydrogens (tertiary/aromatic N) is 1. The van der Waals surface area contributed by atoms with Crippen LogP contribution in [0.2, 0.25) is 0 Å². The molecule has 1 aliphatic carbocycles. The highest BCUT2D eigenvalue weighted by Gasteiger charge is 2.42. The van der Waals surface area contributed by atoms with Gasteiger partial charge in [0.15, 0.2) is 17.7 Å². The number of hydrogen-bond donors (Lipinski definition) is 22. The third-order valence-electron chi connectivity index (χ3n) is 18.2. The summed E-state index contributed by atoms with van der Waals surface area (Å²) in [6.45, 7) is -0.809. The average molecular weight is 1540 g/mol. The number of carbonyl (C=O) groups is 14. The Bertz CT molecular complexity index is 3950. The van der Waals surface area contributed by atoms with Crippen LogP contribution in [0.5, 0.6) is 0 Å². The van der Waals surface area contributed by atoms with Gasteiger partial charge in [-0.2, -0.15) is 25.3 Å². The largest absolute Gasteiger partial charge is 0.481 e. The van der Waals surface area contributed by atoms with Gasteiger partial charge in [0.25, 0.3) is 0 Å². The number of benzene rings is 3. The lowest BCUT2D eigenvalue weighted by molar-refractivity contribution is -0.146. The Morgan fingerprint density at radius 1 is 0.676 bits per heavy atom. The number of aliphatic carboxylic acids is 1. The summed E-state index contributed by atoms with van der Waals surface area (Å²) >= 11 is 8.54. The summed E-state index contributed by atoms with van der Waals surface area (Å²) in [4.78, 5) is 200. The number of hydrogen-bond acceptors (Lipinski definition) is 20. The van der Waals surface area contributed by atoms with Crippen LogP contribution in [0, 0.1) is 16.7 Å². The fraction of sp³-hybridized carbons (Fsp3) is 0.457. The topological polar surface area (TPSA) is 578 Å². The quantitative estimate of drug-likeness (QED) is 0.0115. The maximum absolute atomic E-state index is 14.7. The van der Waals surface area contributed by atoms with Crippen molar-refractivity contribution >= 4 is 131 Å². The van der Waals surface area contributed by atoms with E-state index >= 15 is 0 Å². The second-order valence-electron chi connectivity index (χ2n) is 26.1. The Hall–Kier alpha value is -11.3. The lowest BCUT2D eigenvalue weighted by Gasteiger charge is -2.30. The molecular weight excluding hydrogens is 1440 g/mol. The highest BCUT2D eigenvalue weighted by Crippen LogP contribution is 2.44. The smallest absolute Gasteiger partial charge is 0.407 e. The SMILES string of the molecule is C[C@@H]1NC(=O)[C@H](CS)NC(=O)[C@H](CCCNC(=N)N)CC(=O)C2CCCN2C(=O)[C@H](CC(=O)O)NC(=O)[C@H](CO)NC(=O)[C@@H](NC(=O)[C@H](CS)NC(=O)CNC(=O)OCC2c3ccccc3-c3ccccc32)C/C=C/C[C@@H](C(N)=O)NC(=O)[C@H](CCCNC(=N)N)NC(=O)[C@H](Cc2cc3ccccc3[nH]2)NC1=O. The van der Waals surface area contributed by atoms with Crippen molar-refractivity contribution in [2.75, 3.05) is 50.9 Å². The monoisotopic (exact) mass is 1540 g/mol. The summed E-state index contributed by atoms with van der Waals surface area (Å²) in [6, 6.07) is 7.93.